The van der Waals surface area contributed by atoms with Gasteiger partial charge in [-0.1, -0.05) is 24.8 Å². The van der Waals surface area contributed by atoms with Crippen LogP contribution in [-0.4, -0.2) is 98.8 Å². The SMILES string of the molecule is C=CCOC(=O)NCCc1ccc(NC(=O)C[N+]23CCN(CC2)CC3)cc1.O=S(=O)([O-])C(F)(F)F. The second-order valence-electron chi connectivity index (χ2n) is 8.22. The summed E-state index contributed by atoms with van der Waals surface area (Å²) in [5.74, 6) is 0.0877. The monoisotopic (exact) mass is 522 g/mol. The number of alkyl carbamates (subject to hydrolysis) is 1. The number of quaternary nitrogens is 1. The highest BCUT2D eigenvalue weighted by Crippen LogP contribution is 2.21. The first-order chi connectivity index (χ1) is 16.3. The molecule has 10 nitrogen and oxygen atoms in total. The number of carbonyl (C=O) groups excluding carboxylic acids is 2. The maximum absolute atomic E-state index is 12.5. The number of amides is 2. The zero-order valence-electron chi connectivity index (χ0n) is 19.1. The number of rotatable bonds is 8. The third-order valence-corrected chi connectivity index (χ3v) is 6.25. The van der Waals surface area contributed by atoms with Gasteiger partial charge < -0.3 is 24.4 Å². The Morgan fingerprint density at radius 1 is 1.14 bits per heavy atom. The Labute approximate surface area is 202 Å². The molecule has 35 heavy (non-hydrogen) atoms. The molecule has 3 saturated heterocycles. The first-order valence-electron chi connectivity index (χ1n) is 10.8. The molecule has 1 aromatic rings. The largest absolute Gasteiger partial charge is 0.741 e. The number of hydrogen-bond acceptors (Lipinski definition) is 7. The summed E-state index contributed by atoms with van der Waals surface area (Å²) in [6.45, 7) is 11.3. The highest BCUT2D eigenvalue weighted by molar-refractivity contribution is 7.86. The van der Waals surface area contributed by atoms with E-state index in [0.29, 0.717) is 19.5 Å². The average Bonchev–Trinajstić information content (AvgIpc) is 2.79. The van der Waals surface area contributed by atoms with Crippen molar-refractivity contribution in [1.82, 2.24) is 10.2 Å². The fourth-order valence-corrected chi connectivity index (χ4v) is 3.72. The predicted molar refractivity (Wildman–Crippen MR) is 120 cm³/mol. The number of anilines is 1. The number of piperazine rings is 3. The van der Waals surface area contributed by atoms with E-state index in [0.717, 1.165) is 55.0 Å². The molecule has 2 bridgehead atoms. The van der Waals surface area contributed by atoms with Gasteiger partial charge in [-0.3, -0.25) is 9.69 Å². The fraction of sp³-hybridized carbons (Fsp3) is 0.524. The van der Waals surface area contributed by atoms with Crippen molar-refractivity contribution in [3.05, 3.63) is 42.5 Å². The van der Waals surface area contributed by atoms with Gasteiger partial charge in [0.05, 0.1) is 19.6 Å². The van der Waals surface area contributed by atoms with E-state index in [4.69, 9.17) is 17.7 Å². The summed E-state index contributed by atoms with van der Waals surface area (Å²) in [5.41, 5.74) is -3.74. The minimum atomic E-state index is -6.09. The van der Waals surface area contributed by atoms with Crippen LogP contribution in [-0.2, 0) is 26.1 Å². The Balaban J connectivity index is 0.000000466. The van der Waals surface area contributed by atoms with E-state index in [1.807, 2.05) is 24.3 Å². The zero-order valence-corrected chi connectivity index (χ0v) is 19.9. The summed E-state index contributed by atoms with van der Waals surface area (Å²) in [6, 6.07) is 7.77. The van der Waals surface area contributed by atoms with Crippen LogP contribution in [0, 0.1) is 0 Å². The van der Waals surface area contributed by atoms with Crippen LogP contribution in [0.4, 0.5) is 23.7 Å². The maximum atomic E-state index is 12.5. The number of carbonyl (C=O) groups is 2. The predicted octanol–water partition coefficient (Wildman–Crippen LogP) is 1.28. The minimum absolute atomic E-state index is 0.0877. The van der Waals surface area contributed by atoms with Gasteiger partial charge in [0.1, 0.15) is 6.61 Å². The first kappa shape index (κ1) is 28.6. The summed E-state index contributed by atoms with van der Waals surface area (Å²) in [4.78, 5) is 26.3. The van der Waals surface area contributed by atoms with Gasteiger partial charge in [0, 0.05) is 31.9 Å². The van der Waals surface area contributed by atoms with Gasteiger partial charge in [0.25, 0.3) is 5.91 Å². The molecule has 0 radical (unpaired) electrons. The fourth-order valence-electron chi connectivity index (χ4n) is 3.72. The highest BCUT2D eigenvalue weighted by atomic mass is 32.2. The molecule has 3 fully saturated rings. The van der Waals surface area contributed by atoms with E-state index in [-0.39, 0.29) is 12.5 Å². The summed E-state index contributed by atoms with van der Waals surface area (Å²) in [5, 5.41) is 5.71. The second-order valence-corrected chi connectivity index (χ2v) is 9.59. The van der Waals surface area contributed by atoms with Crippen molar-refractivity contribution in [2.45, 2.75) is 11.9 Å². The molecule has 0 saturated carbocycles. The van der Waals surface area contributed by atoms with Gasteiger partial charge in [-0.2, -0.15) is 13.2 Å². The van der Waals surface area contributed by atoms with Crippen LogP contribution in [0.3, 0.4) is 0 Å². The Bertz CT molecular complexity index is 964. The molecule has 0 spiro atoms. The van der Waals surface area contributed by atoms with Crippen molar-refractivity contribution in [2.24, 2.45) is 0 Å². The number of hydrogen-bond donors (Lipinski definition) is 2. The Morgan fingerprint density at radius 3 is 2.17 bits per heavy atom. The van der Waals surface area contributed by atoms with Crippen molar-refractivity contribution >= 4 is 27.8 Å². The van der Waals surface area contributed by atoms with E-state index in [1.54, 1.807) is 0 Å². The number of nitrogens with zero attached hydrogens (tertiary/aromatic N) is 2. The lowest BCUT2D eigenvalue weighted by atomic mass is 10.1. The Morgan fingerprint density at radius 2 is 1.69 bits per heavy atom. The van der Waals surface area contributed by atoms with E-state index < -0.39 is 21.7 Å². The first-order valence-corrected chi connectivity index (χ1v) is 12.2. The molecule has 2 amide bonds. The molecule has 0 unspecified atom stereocenters. The maximum Gasteiger partial charge on any atom is 0.485 e. The average molecular weight is 523 g/mol. The van der Waals surface area contributed by atoms with Gasteiger partial charge in [0.15, 0.2) is 16.7 Å². The van der Waals surface area contributed by atoms with Crippen LogP contribution >= 0.6 is 0 Å². The molecule has 196 valence electrons. The van der Waals surface area contributed by atoms with Crippen LogP contribution in [0.1, 0.15) is 5.56 Å². The molecular formula is C21H29F3N4O6S. The topological polar surface area (TPSA) is 128 Å². The summed E-state index contributed by atoms with van der Waals surface area (Å²) >= 11 is 0. The lowest BCUT2D eigenvalue weighted by Gasteiger charge is -2.50. The Kier molecular flexibility index (Phi) is 10.1. The summed E-state index contributed by atoms with van der Waals surface area (Å²) < 4.78 is 64.7. The van der Waals surface area contributed by atoms with Crippen molar-refractivity contribution in [1.29, 1.82) is 0 Å². The summed E-state index contributed by atoms with van der Waals surface area (Å²) in [7, 11) is -6.09. The molecule has 4 rings (SSSR count). The molecule has 14 heteroatoms. The number of nitrogens with one attached hydrogen (secondary N) is 2. The molecule has 2 N–H and O–H groups in total. The van der Waals surface area contributed by atoms with Gasteiger partial charge in [-0.15, -0.1) is 0 Å². The van der Waals surface area contributed by atoms with Crippen LogP contribution in [0.5, 0.6) is 0 Å². The molecule has 1 aromatic carbocycles. The molecule has 0 aromatic heterocycles. The lowest BCUT2D eigenvalue weighted by molar-refractivity contribution is -0.933. The van der Waals surface area contributed by atoms with Gasteiger partial charge >= 0.3 is 11.6 Å². The molecule has 0 atom stereocenters. The normalized spacial score (nSPS) is 21.3. The van der Waals surface area contributed by atoms with E-state index in [9.17, 15) is 22.8 Å². The summed E-state index contributed by atoms with van der Waals surface area (Å²) in [6.07, 6.45) is 1.79. The number of ether oxygens (including phenoxy) is 1. The number of fused-ring (bicyclic) bond motifs is 3. The van der Waals surface area contributed by atoms with Crippen molar-refractivity contribution in [3.63, 3.8) is 0 Å². The molecule has 0 aliphatic carbocycles. The van der Waals surface area contributed by atoms with Crippen LogP contribution in [0.15, 0.2) is 36.9 Å². The van der Waals surface area contributed by atoms with Gasteiger partial charge in [0.2, 0.25) is 0 Å². The third kappa shape index (κ3) is 9.47. The van der Waals surface area contributed by atoms with Crippen molar-refractivity contribution in [3.8, 4) is 0 Å². The van der Waals surface area contributed by atoms with Gasteiger partial charge in [-0.05, 0) is 24.1 Å². The Hall–Kier alpha value is -2.68. The lowest BCUT2D eigenvalue weighted by Crippen LogP contribution is -2.68. The third-order valence-electron chi connectivity index (χ3n) is 5.69. The van der Waals surface area contributed by atoms with E-state index in [1.165, 1.54) is 6.08 Å². The van der Waals surface area contributed by atoms with Crippen LogP contribution in [0.2, 0.25) is 0 Å². The molecule has 3 heterocycles. The molecular weight excluding hydrogens is 493 g/mol. The number of halogens is 3. The smallest absolute Gasteiger partial charge is 0.485 e. The zero-order chi connectivity index (χ0) is 26.1. The van der Waals surface area contributed by atoms with E-state index >= 15 is 0 Å². The van der Waals surface area contributed by atoms with Gasteiger partial charge in [-0.25, -0.2) is 13.2 Å². The quantitative estimate of drug-likeness (QED) is 0.228. The molecule has 3 aliphatic rings. The van der Waals surface area contributed by atoms with Crippen LogP contribution < -0.4 is 10.6 Å². The van der Waals surface area contributed by atoms with Crippen molar-refractivity contribution in [2.75, 3.05) is 64.3 Å². The highest BCUT2D eigenvalue weighted by Gasteiger charge is 2.39. The van der Waals surface area contributed by atoms with Crippen molar-refractivity contribution < 1.29 is 45.0 Å². The molecule has 3 aliphatic heterocycles. The second kappa shape index (κ2) is 12.3. The minimum Gasteiger partial charge on any atom is -0.741 e. The number of alkyl halides is 3. The number of benzene rings is 1. The van der Waals surface area contributed by atoms with E-state index in [2.05, 4.69) is 22.1 Å². The standard InChI is InChI=1S/C20H28N4O3.CHF3O3S/c1-2-15-27-20(26)21-8-7-17-3-5-18(6-4-17)22-19(25)16-24-12-9-23(10-13-24)11-14-24;2-1(3,4)8(5,6)7/h2-6H,1,7-16H2,(H-,21,22,25,26);(H,5,6,7). The van der Waals surface area contributed by atoms with Crippen LogP contribution in [0.25, 0.3) is 0 Å².